The molecule has 0 bridgehead atoms. The Kier molecular flexibility index (Phi) is 11.2. The summed E-state index contributed by atoms with van der Waals surface area (Å²) in [5, 5.41) is 2.82. The summed E-state index contributed by atoms with van der Waals surface area (Å²) in [6.45, 7) is 6.64. The summed E-state index contributed by atoms with van der Waals surface area (Å²) in [4.78, 5) is 30.2. The number of benzene rings is 1. The number of nitrogens with zero attached hydrogens (tertiary/aromatic N) is 3. The number of ether oxygens (including phenoxy) is 1. The van der Waals surface area contributed by atoms with E-state index in [0.29, 0.717) is 37.8 Å². The van der Waals surface area contributed by atoms with Crippen LogP contribution in [-0.4, -0.2) is 87.2 Å². The van der Waals surface area contributed by atoms with Crippen molar-refractivity contribution in [2.75, 3.05) is 56.6 Å². The average molecular weight is 563 g/mol. The van der Waals surface area contributed by atoms with E-state index in [1.165, 1.54) is 12.8 Å². The second-order valence-electron chi connectivity index (χ2n) is 11.1. The predicted molar refractivity (Wildman–Crippen MR) is 153 cm³/mol. The number of nitrogens with one attached hydrogen (secondary N) is 1. The van der Waals surface area contributed by atoms with Gasteiger partial charge in [-0.15, -0.1) is 0 Å². The van der Waals surface area contributed by atoms with Crippen LogP contribution in [0.4, 0.5) is 5.69 Å². The molecule has 0 atom stereocenters. The molecule has 1 aromatic carbocycles. The minimum absolute atomic E-state index is 0.00560. The molecule has 9 nitrogen and oxygen atoms in total. The Bertz CT molecular complexity index is 1070. The van der Waals surface area contributed by atoms with E-state index in [1.807, 2.05) is 17.0 Å². The standard InChI is InChI=1S/C29H46N4O5S/c1-24(34)33-18-9-4-2-3-6-15-31(27-12-19-38-20-13-27)23-26-22-25(10-11-28(26)33)29(35)30-14-21-39(36,37)32-16-7-5-8-17-32/h10-11,22,27H,2-9,12-21,23H2,1H3,(H,30,35). The summed E-state index contributed by atoms with van der Waals surface area (Å²) in [5.74, 6) is -0.380. The highest BCUT2D eigenvalue weighted by Gasteiger charge is 2.26. The molecule has 2 fully saturated rings. The monoisotopic (exact) mass is 562 g/mol. The van der Waals surface area contributed by atoms with Gasteiger partial charge in [0.2, 0.25) is 15.9 Å². The van der Waals surface area contributed by atoms with Gasteiger partial charge in [0.1, 0.15) is 0 Å². The lowest BCUT2D eigenvalue weighted by Crippen LogP contribution is -2.41. The highest BCUT2D eigenvalue weighted by Crippen LogP contribution is 2.28. The topological polar surface area (TPSA) is 99.3 Å². The van der Waals surface area contributed by atoms with E-state index in [1.54, 1.807) is 17.3 Å². The summed E-state index contributed by atoms with van der Waals surface area (Å²) in [6.07, 6.45) is 10.3. The molecule has 0 saturated carbocycles. The number of carbonyl (C=O) groups excluding carboxylic acids is 2. The molecule has 0 unspecified atom stereocenters. The van der Waals surface area contributed by atoms with Crippen molar-refractivity contribution in [2.45, 2.75) is 83.7 Å². The van der Waals surface area contributed by atoms with Gasteiger partial charge in [0.05, 0.1) is 5.75 Å². The summed E-state index contributed by atoms with van der Waals surface area (Å²) in [5.41, 5.74) is 2.32. The molecule has 3 aliphatic heterocycles. The van der Waals surface area contributed by atoms with Gasteiger partial charge in [0.15, 0.2) is 0 Å². The summed E-state index contributed by atoms with van der Waals surface area (Å²) in [7, 11) is -3.38. The average Bonchev–Trinajstić information content (AvgIpc) is 2.94. The first-order valence-electron chi connectivity index (χ1n) is 14.8. The molecule has 218 valence electrons. The van der Waals surface area contributed by atoms with Crippen molar-refractivity contribution in [3.8, 4) is 0 Å². The molecule has 39 heavy (non-hydrogen) atoms. The molecule has 3 heterocycles. The van der Waals surface area contributed by atoms with Crippen molar-refractivity contribution in [3.63, 3.8) is 0 Å². The van der Waals surface area contributed by atoms with Gasteiger partial charge in [0, 0.05) is 70.2 Å². The fourth-order valence-electron chi connectivity index (χ4n) is 6.01. The fourth-order valence-corrected chi connectivity index (χ4v) is 7.44. The largest absolute Gasteiger partial charge is 0.381 e. The van der Waals surface area contributed by atoms with Crippen LogP contribution in [-0.2, 0) is 26.1 Å². The van der Waals surface area contributed by atoms with Crippen molar-refractivity contribution in [2.24, 2.45) is 0 Å². The Balaban J connectivity index is 1.52. The van der Waals surface area contributed by atoms with Gasteiger partial charge in [-0.3, -0.25) is 14.5 Å². The molecule has 1 N–H and O–H groups in total. The molecule has 2 amide bonds. The van der Waals surface area contributed by atoms with Crippen LogP contribution >= 0.6 is 0 Å². The van der Waals surface area contributed by atoms with Crippen LogP contribution < -0.4 is 10.2 Å². The van der Waals surface area contributed by atoms with Crippen LogP contribution in [0.2, 0.25) is 0 Å². The van der Waals surface area contributed by atoms with Gasteiger partial charge in [-0.05, 0) is 68.8 Å². The quantitative estimate of drug-likeness (QED) is 0.570. The third-order valence-electron chi connectivity index (χ3n) is 8.27. The number of fused-ring (bicyclic) bond motifs is 1. The number of rotatable bonds is 6. The Hall–Kier alpha value is -2.01. The SMILES string of the molecule is CC(=O)N1CCCCCCCN(C2CCOCC2)Cc2cc(C(=O)NCCS(=O)(=O)N3CCCCC3)ccc21. The van der Waals surface area contributed by atoms with E-state index in [4.69, 9.17) is 4.74 Å². The van der Waals surface area contributed by atoms with Crippen LogP contribution in [0.1, 0.15) is 87.1 Å². The van der Waals surface area contributed by atoms with Crippen LogP contribution in [0.25, 0.3) is 0 Å². The zero-order valence-electron chi connectivity index (χ0n) is 23.5. The van der Waals surface area contributed by atoms with Crippen molar-refractivity contribution < 1.29 is 22.7 Å². The number of hydrogen-bond acceptors (Lipinski definition) is 6. The lowest BCUT2D eigenvalue weighted by molar-refractivity contribution is -0.116. The van der Waals surface area contributed by atoms with E-state index in [-0.39, 0.29) is 24.1 Å². The third-order valence-corrected chi connectivity index (χ3v) is 10.1. The predicted octanol–water partition coefficient (Wildman–Crippen LogP) is 3.53. The van der Waals surface area contributed by atoms with E-state index >= 15 is 0 Å². The van der Waals surface area contributed by atoms with Crippen molar-refractivity contribution in [1.29, 1.82) is 0 Å². The maximum Gasteiger partial charge on any atom is 0.251 e. The Labute approximate surface area is 234 Å². The van der Waals surface area contributed by atoms with Gasteiger partial charge < -0.3 is 15.0 Å². The van der Waals surface area contributed by atoms with Crippen molar-refractivity contribution in [1.82, 2.24) is 14.5 Å². The first kappa shape index (κ1) is 30.0. The summed E-state index contributed by atoms with van der Waals surface area (Å²) in [6, 6.07) is 5.97. The van der Waals surface area contributed by atoms with Crippen LogP contribution in [0.5, 0.6) is 0 Å². The Morgan fingerprint density at radius 3 is 2.28 bits per heavy atom. The van der Waals surface area contributed by atoms with E-state index in [9.17, 15) is 18.0 Å². The highest BCUT2D eigenvalue weighted by molar-refractivity contribution is 7.89. The summed E-state index contributed by atoms with van der Waals surface area (Å²) >= 11 is 0. The van der Waals surface area contributed by atoms with Gasteiger partial charge in [0.25, 0.3) is 5.91 Å². The number of carbonyl (C=O) groups is 2. The van der Waals surface area contributed by atoms with Crippen LogP contribution in [0, 0.1) is 0 Å². The first-order chi connectivity index (χ1) is 18.8. The number of amides is 2. The smallest absolute Gasteiger partial charge is 0.251 e. The maximum absolute atomic E-state index is 13.1. The molecule has 0 aromatic heterocycles. The Morgan fingerprint density at radius 2 is 1.56 bits per heavy atom. The minimum atomic E-state index is -3.38. The van der Waals surface area contributed by atoms with Crippen LogP contribution in [0.15, 0.2) is 18.2 Å². The van der Waals surface area contributed by atoms with E-state index in [2.05, 4.69) is 10.2 Å². The zero-order valence-corrected chi connectivity index (χ0v) is 24.4. The third kappa shape index (κ3) is 8.49. The lowest BCUT2D eigenvalue weighted by Gasteiger charge is -2.36. The van der Waals surface area contributed by atoms with Crippen LogP contribution in [0.3, 0.4) is 0 Å². The minimum Gasteiger partial charge on any atom is -0.381 e. The van der Waals surface area contributed by atoms with Gasteiger partial charge in [-0.25, -0.2) is 12.7 Å². The molecule has 0 spiro atoms. The van der Waals surface area contributed by atoms with E-state index < -0.39 is 10.0 Å². The normalized spacial score (nSPS) is 21.4. The molecule has 10 heteroatoms. The molecular formula is C29H46N4O5S. The van der Waals surface area contributed by atoms with Crippen molar-refractivity contribution >= 4 is 27.5 Å². The molecule has 4 rings (SSSR count). The number of hydrogen-bond donors (Lipinski definition) is 1. The fraction of sp³-hybridized carbons (Fsp3) is 0.724. The lowest BCUT2D eigenvalue weighted by atomic mass is 10.0. The van der Waals surface area contributed by atoms with Crippen molar-refractivity contribution in [3.05, 3.63) is 29.3 Å². The van der Waals surface area contributed by atoms with Gasteiger partial charge in [-0.2, -0.15) is 0 Å². The van der Waals surface area contributed by atoms with E-state index in [0.717, 1.165) is 82.4 Å². The molecule has 0 radical (unpaired) electrons. The molecule has 3 aliphatic rings. The second-order valence-corrected chi connectivity index (χ2v) is 13.2. The molecule has 1 aromatic rings. The number of sulfonamides is 1. The number of piperidine rings is 1. The Morgan fingerprint density at radius 1 is 0.923 bits per heavy atom. The number of anilines is 1. The van der Waals surface area contributed by atoms with Gasteiger partial charge >= 0.3 is 0 Å². The second kappa shape index (κ2) is 14.6. The first-order valence-corrected chi connectivity index (χ1v) is 16.4. The maximum atomic E-state index is 13.1. The molecule has 0 aliphatic carbocycles. The summed E-state index contributed by atoms with van der Waals surface area (Å²) < 4.78 is 32.5. The molecular weight excluding hydrogens is 516 g/mol. The van der Waals surface area contributed by atoms with Gasteiger partial charge in [-0.1, -0.05) is 25.7 Å². The molecule has 2 saturated heterocycles. The highest BCUT2D eigenvalue weighted by atomic mass is 32.2. The zero-order chi connectivity index (χ0) is 27.7.